The van der Waals surface area contributed by atoms with Crippen LogP contribution in [0.15, 0.2) is 18.2 Å². The predicted molar refractivity (Wildman–Crippen MR) is 139 cm³/mol. The molecule has 2 N–H and O–H groups in total. The van der Waals surface area contributed by atoms with Gasteiger partial charge in [0.1, 0.15) is 18.8 Å². The number of benzene rings is 1. The van der Waals surface area contributed by atoms with Crippen LogP contribution in [0.1, 0.15) is 92.1 Å². The zero-order chi connectivity index (χ0) is 28.0. The van der Waals surface area contributed by atoms with E-state index in [9.17, 15) is 19.2 Å². The molecule has 9 heteroatoms. The summed E-state index contributed by atoms with van der Waals surface area (Å²) in [6.07, 6.45) is 3.56. The van der Waals surface area contributed by atoms with Gasteiger partial charge < -0.3 is 24.7 Å². The van der Waals surface area contributed by atoms with Crippen LogP contribution in [-0.4, -0.2) is 42.6 Å². The van der Waals surface area contributed by atoms with Gasteiger partial charge in [-0.15, -0.1) is 0 Å². The molecule has 9 nitrogen and oxygen atoms in total. The smallest absolute Gasteiger partial charge is 0.323 e. The lowest BCUT2D eigenvalue weighted by Gasteiger charge is -2.22. The van der Waals surface area contributed by atoms with E-state index in [-0.39, 0.29) is 43.3 Å². The molecule has 0 aliphatic carbocycles. The molecule has 37 heavy (non-hydrogen) atoms. The van der Waals surface area contributed by atoms with Gasteiger partial charge in [-0.3, -0.25) is 19.2 Å². The van der Waals surface area contributed by atoms with Gasteiger partial charge in [-0.25, -0.2) is 0 Å². The van der Waals surface area contributed by atoms with E-state index in [2.05, 4.69) is 0 Å². The van der Waals surface area contributed by atoms with Crippen molar-refractivity contribution in [1.82, 2.24) is 0 Å². The molecule has 0 radical (unpaired) electrons. The number of carbonyl (C=O) groups is 4. The molecular formula is C28H43NO8. The highest BCUT2D eigenvalue weighted by Gasteiger charge is 2.28. The molecule has 1 rings (SSSR count). The fraction of sp³-hybridized carbons (Fsp3) is 0.643. The molecule has 0 heterocycles. The highest BCUT2D eigenvalue weighted by atomic mass is 16.6. The maximum atomic E-state index is 12.5. The lowest BCUT2D eigenvalue weighted by molar-refractivity contribution is -0.164. The van der Waals surface area contributed by atoms with Crippen LogP contribution in [0.4, 0.5) is 0 Å². The van der Waals surface area contributed by atoms with Gasteiger partial charge in [0.15, 0.2) is 11.5 Å². The lowest BCUT2D eigenvalue weighted by atomic mass is 9.91. The number of unbranched alkanes of at least 4 members (excludes halogenated alkanes) is 2. The molecule has 0 unspecified atom stereocenters. The second-order valence-corrected chi connectivity index (χ2v) is 9.83. The Morgan fingerprint density at radius 1 is 0.919 bits per heavy atom. The molecule has 0 aromatic heterocycles. The number of carbonyl (C=O) groups excluding carboxylic acids is 4. The van der Waals surface area contributed by atoms with Crippen molar-refractivity contribution in [1.29, 1.82) is 0 Å². The molecule has 1 aromatic rings. The topological polar surface area (TPSA) is 131 Å². The van der Waals surface area contributed by atoms with Crippen LogP contribution in [0.2, 0.25) is 0 Å². The summed E-state index contributed by atoms with van der Waals surface area (Å²) < 4.78 is 21.5. The number of esters is 4. The Labute approximate surface area is 220 Å². The van der Waals surface area contributed by atoms with Crippen molar-refractivity contribution in [2.45, 2.75) is 105 Å². The molecule has 208 valence electrons. The summed E-state index contributed by atoms with van der Waals surface area (Å²) >= 11 is 0. The lowest BCUT2D eigenvalue weighted by Crippen LogP contribution is -2.38. The Kier molecular flexibility index (Phi) is 13.9. The van der Waals surface area contributed by atoms with Gasteiger partial charge in [0, 0.05) is 12.8 Å². The fourth-order valence-electron chi connectivity index (χ4n) is 3.02. The molecule has 0 fully saturated rings. The highest BCUT2D eigenvalue weighted by molar-refractivity contribution is 5.78. The molecule has 0 saturated carbocycles. The van der Waals surface area contributed by atoms with E-state index in [1.54, 1.807) is 26.8 Å². The second kappa shape index (κ2) is 16.0. The van der Waals surface area contributed by atoms with Crippen molar-refractivity contribution < 1.29 is 38.1 Å². The van der Waals surface area contributed by atoms with Crippen LogP contribution >= 0.6 is 0 Å². The Morgan fingerprint density at radius 2 is 1.49 bits per heavy atom. The summed E-state index contributed by atoms with van der Waals surface area (Å²) in [7, 11) is 0. The fourth-order valence-corrected chi connectivity index (χ4v) is 3.02. The maximum Gasteiger partial charge on any atom is 0.323 e. The van der Waals surface area contributed by atoms with Crippen LogP contribution in [0.25, 0.3) is 0 Å². The van der Waals surface area contributed by atoms with E-state index in [1.807, 2.05) is 20.8 Å². The van der Waals surface area contributed by atoms with Crippen molar-refractivity contribution >= 4 is 23.9 Å². The van der Waals surface area contributed by atoms with Gasteiger partial charge in [-0.1, -0.05) is 39.7 Å². The number of hydrogen-bond donors (Lipinski definition) is 1. The quantitative estimate of drug-likeness (QED) is 0.244. The van der Waals surface area contributed by atoms with Gasteiger partial charge in [0.2, 0.25) is 0 Å². The number of nitrogens with two attached hydrogens (primary N) is 1. The number of ether oxygens (including phenoxy) is 4. The summed E-state index contributed by atoms with van der Waals surface area (Å²) in [6, 6.07) is 3.71. The van der Waals surface area contributed by atoms with Crippen molar-refractivity contribution in [2.24, 2.45) is 11.1 Å². The molecule has 0 spiro atoms. The number of hydrogen-bond acceptors (Lipinski definition) is 9. The zero-order valence-electron chi connectivity index (χ0n) is 23.1. The Balaban J connectivity index is 2.84. The molecule has 0 bridgehead atoms. The first-order valence-electron chi connectivity index (χ1n) is 13.1. The molecule has 0 amide bonds. The van der Waals surface area contributed by atoms with Gasteiger partial charge in [0.25, 0.3) is 0 Å². The van der Waals surface area contributed by atoms with E-state index in [0.29, 0.717) is 24.8 Å². The Bertz CT molecular complexity index is 911. The van der Waals surface area contributed by atoms with Crippen LogP contribution in [0.3, 0.4) is 0 Å². The van der Waals surface area contributed by atoms with Gasteiger partial charge in [-0.05, 0) is 64.2 Å². The highest BCUT2D eigenvalue weighted by Crippen LogP contribution is 2.30. The molecular weight excluding hydrogens is 478 g/mol. The minimum absolute atomic E-state index is 0.0727. The molecule has 0 aliphatic heterocycles. The second-order valence-electron chi connectivity index (χ2n) is 9.83. The Hall–Kier alpha value is -2.94. The monoisotopic (exact) mass is 521 g/mol. The average molecular weight is 522 g/mol. The van der Waals surface area contributed by atoms with E-state index < -0.39 is 35.5 Å². The van der Waals surface area contributed by atoms with Crippen LogP contribution < -0.4 is 15.2 Å². The molecule has 1 aromatic carbocycles. The SMILES string of the molecule is CCCCC(=O)Oc1ccc(C[C@H](N)C(=O)O[C@@H](C)COC(=O)C(C)(C)CC)cc1OC(=O)CCCC. The summed E-state index contributed by atoms with van der Waals surface area (Å²) in [4.78, 5) is 49.0. The Morgan fingerprint density at radius 3 is 2.03 bits per heavy atom. The van der Waals surface area contributed by atoms with Crippen molar-refractivity contribution in [3.05, 3.63) is 23.8 Å². The number of rotatable bonds is 16. The van der Waals surface area contributed by atoms with Crippen molar-refractivity contribution in [3.8, 4) is 11.5 Å². The van der Waals surface area contributed by atoms with E-state index in [0.717, 1.165) is 12.8 Å². The molecule has 0 aliphatic rings. The van der Waals surface area contributed by atoms with Gasteiger partial charge in [0.05, 0.1) is 5.41 Å². The molecule has 0 saturated heterocycles. The minimum atomic E-state index is -1.01. The van der Waals surface area contributed by atoms with Gasteiger partial charge in [-0.2, -0.15) is 0 Å². The maximum absolute atomic E-state index is 12.5. The third kappa shape index (κ3) is 11.8. The van der Waals surface area contributed by atoms with Crippen molar-refractivity contribution in [3.63, 3.8) is 0 Å². The van der Waals surface area contributed by atoms with Crippen molar-refractivity contribution in [2.75, 3.05) is 6.61 Å². The van der Waals surface area contributed by atoms with Crippen LogP contribution in [-0.2, 0) is 35.1 Å². The average Bonchev–Trinajstić information content (AvgIpc) is 2.85. The first-order valence-corrected chi connectivity index (χ1v) is 13.1. The third-order valence-corrected chi connectivity index (χ3v) is 5.89. The zero-order valence-corrected chi connectivity index (χ0v) is 23.1. The van der Waals surface area contributed by atoms with Crippen LogP contribution in [0, 0.1) is 5.41 Å². The van der Waals surface area contributed by atoms with E-state index in [1.165, 1.54) is 12.1 Å². The predicted octanol–water partition coefficient (Wildman–Crippen LogP) is 4.66. The molecule has 2 atom stereocenters. The summed E-state index contributed by atoms with van der Waals surface area (Å²) in [6.45, 7) is 10.9. The van der Waals surface area contributed by atoms with E-state index >= 15 is 0 Å². The summed E-state index contributed by atoms with van der Waals surface area (Å²) in [5.41, 5.74) is 6.04. The third-order valence-electron chi connectivity index (χ3n) is 5.89. The minimum Gasteiger partial charge on any atom is -0.461 e. The summed E-state index contributed by atoms with van der Waals surface area (Å²) in [5.74, 6) is -1.64. The first-order chi connectivity index (χ1) is 17.4. The largest absolute Gasteiger partial charge is 0.461 e. The van der Waals surface area contributed by atoms with Crippen LogP contribution in [0.5, 0.6) is 11.5 Å². The first kappa shape index (κ1) is 32.1. The normalized spacial score (nSPS) is 12.8. The van der Waals surface area contributed by atoms with Gasteiger partial charge >= 0.3 is 23.9 Å². The standard InChI is InChI=1S/C28H43NO8/c1-7-10-12-24(30)36-22-15-14-20(17-23(22)37-25(31)13-11-8-2)16-21(29)26(32)35-19(4)18-34-27(33)28(5,6)9-3/h14-15,17,19,21H,7-13,16,18,29H2,1-6H3/t19-,21-/m0/s1. The van der Waals surface area contributed by atoms with E-state index in [4.69, 9.17) is 24.7 Å². The summed E-state index contributed by atoms with van der Waals surface area (Å²) in [5, 5.41) is 0.